The zero-order chi connectivity index (χ0) is 9.10. The van der Waals surface area contributed by atoms with E-state index in [-0.39, 0.29) is 0 Å². The fourth-order valence-corrected chi connectivity index (χ4v) is 1.97. The van der Waals surface area contributed by atoms with Gasteiger partial charge in [0.05, 0.1) is 0 Å². The summed E-state index contributed by atoms with van der Waals surface area (Å²) in [6, 6.07) is 0. The molecule has 1 aliphatic carbocycles. The molecule has 0 spiro atoms. The third-order valence-electron chi connectivity index (χ3n) is 2.65. The summed E-state index contributed by atoms with van der Waals surface area (Å²) in [6.45, 7) is 3.06. The van der Waals surface area contributed by atoms with E-state index in [1.807, 2.05) is 0 Å². The van der Waals surface area contributed by atoms with E-state index in [0.717, 1.165) is 12.4 Å². The van der Waals surface area contributed by atoms with Crippen LogP contribution in [0.1, 0.15) is 37.4 Å². The maximum atomic E-state index is 4.29. The Morgan fingerprint density at radius 3 is 3.00 bits per heavy atom. The number of aryl methyl sites for hydroxylation is 1. The Bertz CT molecular complexity index is 278. The Labute approximate surface area is 78.9 Å². The number of anilines is 1. The Kier molecular flexibility index (Phi) is 2.52. The minimum atomic E-state index is 0.956. The fourth-order valence-electron chi connectivity index (χ4n) is 1.97. The van der Waals surface area contributed by atoms with Crippen LogP contribution < -0.4 is 5.32 Å². The molecule has 1 aliphatic rings. The number of hydrogen-bond acceptors (Lipinski definition) is 2. The Balaban J connectivity index is 2.23. The van der Waals surface area contributed by atoms with Crippen LogP contribution in [0.15, 0.2) is 0 Å². The standard InChI is InChI=1S/C10H17N3/c1-2-11-10-8-6-4-3-5-7-9(8)12-13-10/h2-7H2,1H3,(H2,11,12,13). The third-order valence-corrected chi connectivity index (χ3v) is 2.65. The van der Waals surface area contributed by atoms with Gasteiger partial charge in [-0.3, -0.25) is 5.10 Å². The molecule has 13 heavy (non-hydrogen) atoms. The average molecular weight is 179 g/mol. The number of H-pyrrole nitrogens is 1. The molecule has 1 aromatic heterocycles. The first-order valence-electron chi connectivity index (χ1n) is 5.21. The van der Waals surface area contributed by atoms with E-state index >= 15 is 0 Å². The summed E-state index contributed by atoms with van der Waals surface area (Å²) in [6.07, 6.45) is 6.33. The van der Waals surface area contributed by atoms with Gasteiger partial charge in [0.15, 0.2) is 5.82 Å². The van der Waals surface area contributed by atoms with Crippen LogP contribution >= 0.6 is 0 Å². The van der Waals surface area contributed by atoms with Crippen molar-refractivity contribution in [3.05, 3.63) is 11.3 Å². The number of rotatable bonds is 2. The highest BCUT2D eigenvalue weighted by atomic mass is 15.2. The molecule has 2 N–H and O–H groups in total. The van der Waals surface area contributed by atoms with Gasteiger partial charge in [0, 0.05) is 17.8 Å². The van der Waals surface area contributed by atoms with Crippen LogP contribution in [0.5, 0.6) is 0 Å². The summed E-state index contributed by atoms with van der Waals surface area (Å²) in [4.78, 5) is 0. The van der Waals surface area contributed by atoms with Gasteiger partial charge in [0.25, 0.3) is 0 Å². The van der Waals surface area contributed by atoms with Gasteiger partial charge < -0.3 is 5.32 Å². The van der Waals surface area contributed by atoms with Gasteiger partial charge in [-0.15, -0.1) is 0 Å². The molecule has 1 aromatic rings. The molecule has 0 radical (unpaired) electrons. The molecule has 3 nitrogen and oxygen atoms in total. The molecule has 0 atom stereocenters. The number of aromatic nitrogens is 2. The van der Waals surface area contributed by atoms with Crippen molar-refractivity contribution in [3.8, 4) is 0 Å². The molecule has 3 heteroatoms. The molecule has 0 saturated heterocycles. The van der Waals surface area contributed by atoms with Gasteiger partial charge in [0.1, 0.15) is 0 Å². The highest BCUT2D eigenvalue weighted by Gasteiger charge is 2.14. The molecule has 72 valence electrons. The molecule has 0 fully saturated rings. The van der Waals surface area contributed by atoms with Crippen molar-refractivity contribution in [2.24, 2.45) is 0 Å². The van der Waals surface area contributed by atoms with Gasteiger partial charge in [0.2, 0.25) is 0 Å². The number of hydrogen-bond donors (Lipinski definition) is 2. The van der Waals surface area contributed by atoms with Crippen LogP contribution in [0.25, 0.3) is 0 Å². The van der Waals surface area contributed by atoms with Crippen molar-refractivity contribution in [3.63, 3.8) is 0 Å². The summed E-state index contributed by atoms with van der Waals surface area (Å²) in [5.74, 6) is 1.08. The van der Waals surface area contributed by atoms with Crippen LogP contribution in [0.2, 0.25) is 0 Å². The summed E-state index contributed by atoms with van der Waals surface area (Å²) >= 11 is 0. The highest BCUT2D eigenvalue weighted by molar-refractivity contribution is 5.46. The summed E-state index contributed by atoms with van der Waals surface area (Å²) < 4.78 is 0. The Hall–Kier alpha value is -0.990. The minimum Gasteiger partial charge on any atom is -0.369 e. The largest absolute Gasteiger partial charge is 0.369 e. The smallest absolute Gasteiger partial charge is 0.151 e. The molecule has 0 unspecified atom stereocenters. The first-order valence-corrected chi connectivity index (χ1v) is 5.21. The molecular formula is C10H17N3. The molecule has 0 bridgehead atoms. The molecule has 1 heterocycles. The minimum absolute atomic E-state index is 0.956. The molecule has 0 aromatic carbocycles. The lowest BCUT2D eigenvalue weighted by Gasteiger charge is -2.01. The van der Waals surface area contributed by atoms with Crippen molar-refractivity contribution in [1.29, 1.82) is 0 Å². The van der Waals surface area contributed by atoms with E-state index in [2.05, 4.69) is 22.4 Å². The fraction of sp³-hybridized carbons (Fsp3) is 0.700. The quantitative estimate of drug-likeness (QED) is 0.683. The van der Waals surface area contributed by atoms with Gasteiger partial charge in [-0.25, -0.2) is 0 Å². The lowest BCUT2D eigenvalue weighted by molar-refractivity contribution is 0.703. The highest BCUT2D eigenvalue weighted by Crippen LogP contribution is 2.24. The first kappa shape index (κ1) is 8.60. The second-order valence-electron chi connectivity index (χ2n) is 3.62. The molecule has 0 amide bonds. The van der Waals surface area contributed by atoms with Crippen molar-refractivity contribution in [1.82, 2.24) is 10.2 Å². The number of nitrogens with one attached hydrogen (secondary N) is 2. The molecule has 0 aliphatic heterocycles. The van der Waals surface area contributed by atoms with E-state index in [4.69, 9.17) is 0 Å². The maximum absolute atomic E-state index is 4.29. The monoisotopic (exact) mass is 179 g/mol. The SMILES string of the molecule is CCNc1n[nH]c2c1CCCCC2. The molecular weight excluding hydrogens is 162 g/mol. The Morgan fingerprint density at radius 2 is 2.15 bits per heavy atom. The molecule has 2 rings (SSSR count). The van der Waals surface area contributed by atoms with E-state index in [1.54, 1.807) is 0 Å². The van der Waals surface area contributed by atoms with E-state index in [9.17, 15) is 0 Å². The summed E-state index contributed by atoms with van der Waals surface area (Å²) in [5, 5.41) is 10.7. The lowest BCUT2D eigenvalue weighted by atomic mass is 10.1. The number of nitrogens with zero attached hydrogens (tertiary/aromatic N) is 1. The second-order valence-corrected chi connectivity index (χ2v) is 3.62. The first-order chi connectivity index (χ1) is 6.42. The predicted octanol–water partition coefficient (Wildman–Crippen LogP) is 2.11. The second kappa shape index (κ2) is 3.81. The summed E-state index contributed by atoms with van der Waals surface area (Å²) in [5.41, 5.74) is 2.79. The topological polar surface area (TPSA) is 40.7 Å². The van der Waals surface area contributed by atoms with Crippen LogP contribution in [0.4, 0.5) is 5.82 Å². The zero-order valence-corrected chi connectivity index (χ0v) is 8.19. The Morgan fingerprint density at radius 1 is 1.31 bits per heavy atom. The zero-order valence-electron chi connectivity index (χ0n) is 8.19. The normalized spacial score (nSPS) is 16.4. The van der Waals surface area contributed by atoms with Crippen molar-refractivity contribution in [2.45, 2.75) is 39.0 Å². The number of aromatic amines is 1. The number of fused-ring (bicyclic) bond motifs is 1. The van der Waals surface area contributed by atoms with Crippen LogP contribution in [-0.2, 0) is 12.8 Å². The van der Waals surface area contributed by atoms with Crippen molar-refractivity contribution in [2.75, 3.05) is 11.9 Å². The van der Waals surface area contributed by atoms with Gasteiger partial charge >= 0.3 is 0 Å². The van der Waals surface area contributed by atoms with Gasteiger partial charge in [-0.05, 0) is 32.6 Å². The molecule has 0 saturated carbocycles. The van der Waals surface area contributed by atoms with Gasteiger partial charge in [-0.1, -0.05) is 6.42 Å². The van der Waals surface area contributed by atoms with Gasteiger partial charge in [-0.2, -0.15) is 5.10 Å². The van der Waals surface area contributed by atoms with E-state index in [1.165, 1.54) is 43.4 Å². The van der Waals surface area contributed by atoms with Crippen LogP contribution in [-0.4, -0.2) is 16.7 Å². The van der Waals surface area contributed by atoms with Crippen molar-refractivity contribution < 1.29 is 0 Å². The van der Waals surface area contributed by atoms with Crippen LogP contribution in [0, 0.1) is 0 Å². The van der Waals surface area contributed by atoms with E-state index in [0.29, 0.717) is 0 Å². The average Bonchev–Trinajstić information content (AvgIpc) is 2.38. The third kappa shape index (κ3) is 1.69. The van der Waals surface area contributed by atoms with Crippen LogP contribution in [0.3, 0.4) is 0 Å². The lowest BCUT2D eigenvalue weighted by Crippen LogP contribution is -2.00. The van der Waals surface area contributed by atoms with Crippen molar-refractivity contribution >= 4 is 5.82 Å². The predicted molar refractivity (Wildman–Crippen MR) is 54.0 cm³/mol. The van der Waals surface area contributed by atoms with E-state index < -0.39 is 0 Å². The summed E-state index contributed by atoms with van der Waals surface area (Å²) in [7, 11) is 0. The maximum Gasteiger partial charge on any atom is 0.151 e.